The highest BCUT2D eigenvalue weighted by Crippen LogP contribution is 2.43. The van der Waals surface area contributed by atoms with Crippen LogP contribution in [0.4, 0.5) is 5.69 Å². The molecule has 0 radical (unpaired) electrons. The van der Waals surface area contributed by atoms with E-state index in [1.165, 1.54) is 28.6 Å². The Morgan fingerprint density at radius 1 is 1.43 bits per heavy atom. The fraction of sp³-hybridized carbons (Fsp3) is 0.444. The molecule has 0 saturated carbocycles. The van der Waals surface area contributed by atoms with Crippen LogP contribution in [-0.2, 0) is 4.79 Å². The molecule has 1 fully saturated rings. The van der Waals surface area contributed by atoms with Gasteiger partial charge in [-0.25, -0.2) is 0 Å². The number of aryl methyl sites for hydroxylation is 1. The van der Waals surface area contributed by atoms with Crippen LogP contribution in [-0.4, -0.2) is 22.8 Å². The summed E-state index contributed by atoms with van der Waals surface area (Å²) in [7, 11) is 2.17. The number of amides is 1. The number of nitrogens with zero attached hydrogens (tertiary/aromatic N) is 1. The summed E-state index contributed by atoms with van der Waals surface area (Å²) in [5.74, 6) is 0.406. The molecule has 0 bridgehead atoms. The van der Waals surface area contributed by atoms with Gasteiger partial charge < -0.3 is 10.2 Å². The molecule has 3 nitrogen and oxygen atoms in total. The van der Waals surface area contributed by atoms with E-state index in [9.17, 15) is 4.79 Å². The van der Waals surface area contributed by atoms with Crippen LogP contribution in [0.5, 0.6) is 0 Å². The van der Waals surface area contributed by atoms with Gasteiger partial charge in [-0.1, -0.05) is 30.9 Å². The third-order valence-corrected chi connectivity index (χ3v) is 6.11. The van der Waals surface area contributed by atoms with Crippen molar-refractivity contribution in [1.82, 2.24) is 5.32 Å². The second-order valence-corrected chi connectivity index (χ2v) is 8.82. The summed E-state index contributed by atoms with van der Waals surface area (Å²) >= 11 is 6.40. The largest absolute Gasteiger partial charge is 0.369 e. The third kappa shape index (κ3) is 2.92. The Bertz CT molecular complexity index is 737. The van der Waals surface area contributed by atoms with Gasteiger partial charge >= 0.3 is 0 Å². The fourth-order valence-electron chi connectivity index (χ4n) is 3.45. The number of thiocarbonyl (C=S) groups is 1. The van der Waals surface area contributed by atoms with Gasteiger partial charge in [-0.05, 0) is 68.0 Å². The van der Waals surface area contributed by atoms with Crippen molar-refractivity contribution in [3.8, 4) is 0 Å². The van der Waals surface area contributed by atoms with Crippen molar-refractivity contribution in [1.29, 1.82) is 0 Å². The van der Waals surface area contributed by atoms with Crippen LogP contribution in [0.25, 0.3) is 6.08 Å². The van der Waals surface area contributed by atoms with E-state index in [1.807, 2.05) is 6.08 Å². The van der Waals surface area contributed by atoms with E-state index in [-0.39, 0.29) is 11.4 Å². The number of benzene rings is 1. The van der Waals surface area contributed by atoms with Crippen molar-refractivity contribution < 1.29 is 4.79 Å². The zero-order valence-corrected chi connectivity index (χ0v) is 15.8. The molecule has 2 aliphatic heterocycles. The fourth-order valence-corrected chi connectivity index (χ4v) is 4.49. The first kappa shape index (κ1) is 16.5. The van der Waals surface area contributed by atoms with Crippen molar-refractivity contribution in [2.75, 3.05) is 11.9 Å². The standard InChI is InChI=1S/C18H22N2OS2/c1-10-6-14-13(11(2)9-18(3,4)20(14)5)7-12(10)8-15-16(21)19-17(22)23-15/h6-8,11H,9H2,1-5H3,(H,19,21,22)/b15-8+/t11-/m0/s1. The molecule has 0 aromatic heterocycles. The highest BCUT2D eigenvalue weighted by molar-refractivity contribution is 8.26. The Kier molecular flexibility index (Phi) is 4.05. The molecular weight excluding hydrogens is 324 g/mol. The molecule has 1 atom stereocenters. The van der Waals surface area contributed by atoms with Gasteiger partial charge in [0.15, 0.2) is 0 Å². The molecule has 3 rings (SSSR count). The monoisotopic (exact) mass is 346 g/mol. The summed E-state index contributed by atoms with van der Waals surface area (Å²) in [5, 5.41) is 2.67. The van der Waals surface area contributed by atoms with E-state index >= 15 is 0 Å². The first-order chi connectivity index (χ1) is 10.7. The second kappa shape index (κ2) is 5.64. The van der Waals surface area contributed by atoms with Gasteiger partial charge in [0.05, 0.1) is 4.91 Å². The van der Waals surface area contributed by atoms with Crippen LogP contribution in [0.3, 0.4) is 0 Å². The summed E-state index contributed by atoms with van der Waals surface area (Å²) in [6.45, 7) is 8.96. The van der Waals surface area contributed by atoms with Crippen LogP contribution in [0.1, 0.15) is 49.8 Å². The molecule has 2 aliphatic rings. The predicted octanol–water partition coefficient (Wildman–Crippen LogP) is 4.21. The number of anilines is 1. The van der Waals surface area contributed by atoms with Crippen LogP contribution in [0.15, 0.2) is 17.0 Å². The van der Waals surface area contributed by atoms with Gasteiger partial charge in [-0.3, -0.25) is 4.79 Å². The van der Waals surface area contributed by atoms with E-state index in [0.717, 1.165) is 12.0 Å². The third-order valence-electron chi connectivity index (χ3n) is 4.95. The Labute approximate surface area is 147 Å². The summed E-state index contributed by atoms with van der Waals surface area (Å²) in [5.41, 5.74) is 5.10. The smallest absolute Gasteiger partial charge is 0.263 e. The number of nitrogens with one attached hydrogen (secondary N) is 1. The molecule has 0 unspecified atom stereocenters. The summed E-state index contributed by atoms with van der Waals surface area (Å²) in [4.78, 5) is 14.9. The van der Waals surface area contributed by atoms with E-state index in [1.54, 1.807) is 0 Å². The lowest BCUT2D eigenvalue weighted by molar-refractivity contribution is -0.115. The lowest BCUT2D eigenvalue weighted by Crippen LogP contribution is -2.45. The van der Waals surface area contributed by atoms with E-state index in [0.29, 0.717) is 15.1 Å². The molecule has 1 N–H and O–H groups in total. The van der Waals surface area contributed by atoms with E-state index in [4.69, 9.17) is 12.2 Å². The first-order valence-electron chi connectivity index (χ1n) is 7.82. The van der Waals surface area contributed by atoms with Gasteiger partial charge in [0, 0.05) is 18.3 Å². The molecule has 0 spiro atoms. The van der Waals surface area contributed by atoms with E-state index < -0.39 is 0 Å². The molecule has 23 heavy (non-hydrogen) atoms. The quantitative estimate of drug-likeness (QED) is 0.610. The minimum atomic E-state index is -0.0941. The Balaban J connectivity index is 2.06. The van der Waals surface area contributed by atoms with E-state index in [2.05, 4.69) is 57.1 Å². The number of rotatable bonds is 1. The molecule has 1 amide bonds. The van der Waals surface area contributed by atoms with Gasteiger partial charge in [-0.15, -0.1) is 0 Å². The van der Waals surface area contributed by atoms with Crippen molar-refractivity contribution in [3.63, 3.8) is 0 Å². The zero-order chi connectivity index (χ0) is 16.9. The molecular formula is C18H22N2OS2. The lowest BCUT2D eigenvalue weighted by atomic mass is 9.79. The molecule has 1 saturated heterocycles. The molecule has 0 aliphatic carbocycles. The summed E-state index contributed by atoms with van der Waals surface area (Å²) in [6, 6.07) is 4.48. The summed E-state index contributed by atoms with van der Waals surface area (Å²) < 4.78 is 0.534. The summed E-state index contributed by atoms with van der Waals surface area (Å²) in [6.07, 6.45) is 3.08. The zero-order valence-electron chi connectivity index (χ0n) is 14.2. The van der Waals surface area contributed by atoms with Crippen molar-refractivity contribution in [2.45, 2.75) is 45.6 Å². The predicted molar refractivity (Wildman–Crippen MR) is 103 cm³/mol. The van der Waals surface area contributed by atoms with Crippen LogP contribution in [0.2, 0.25) is 0 Å². The average molecular weight is 347 g/mol. The van der Waals surface area contributed by atoms with Gasteiger partial charge in [0.1, 0.15) is 4.32 Å². The highest BCUT2D eigenvalue weighted by Gasteiger charge is 2.34. The SMILES string of the molecule is Cc1cc2c(cc1/C=C1/SC(=S)NC1=O)[C@@H](C)CC(C)(C)N2C. The van der Waals surface area contributed by atoms with Crippen LogP contribution in [0, 0.1) is 6.92 Å². The Morgan fingerprint density at radius 3 is 2.74 bits per heavy atom. The molecule has 1 aromatic rings. The topological polar surface area (TPSA) is 32.3 Å². The molecule has 122 valence electrons. The van der Waals surface area contributed by atoms with Crippen molar-refractivity contribution >= 4 is 46.0 Å². The maximum atomic E-state index is 11.9. The normalized spacial score (nSPS) is 24.8. The van der Waals surface area contributed by atoms with Gasteiger partial charge in [0.2, 0.25) is 0 Å². The maximum Gasteiger partial charge on any atom is 0.263 e. The molecule has 2 heterocycles. The number of carbonyl (C=O) groups is 1. The number of carbonyl (C=O) groups excluding carboxylic acids is 1. The highest BCUT2D eigenvalue weighted by atomic mass is 32.2. The van der Waals surface area contributed by atoms with Crippen molar-refractivity contribution in [2.24, 2.45) is 0 Å². The minimum absolute atomic E-state index is 0.0941. The number of hydrogen-bond acceptors (Lipinski definition) is 4. The minimum Gasteiger partial charge on any atom is -0.369 e. The molecule has 5 heteroatoms. The van der Waals surface area contributed by atoms with Gasteiger partial charge in [-0.2, -0.15) is 0 Å². The second-order valence-electron chi connectivity index (χ2n) is 7.10. The van der Waals surface area contributed by atoms with Gasteiger partial charge in [0.25, 0.3) is 5.91 Å². The number of thioether (sulfide) groups is 1. The maximum absolute atomic E-state index is 11.9. The molecule has 1 aromatic carbocycles. The Morgan fingerprint density at radius 2 is 2.13 bits per heavy atom. The number of hydrogen-bond donors (Lipinski definition) is 1. The lowest BCUT2D eigenvalue weighted by Gasteiger charge is -2.45. The average Bonchev–Trinajstić information content (AvgIpc) is 2.76. The Hall–Kier alpha value is -1.33. The number of fused-ring (bicyclic) bond motifs is 1. The van der Waals surface area contributed by atoms with Crippen LogP contribution < -0.4 is 10.2 Å². The first-order valence-corrected chi connectivity index (χ1v) is 9.05. The van der Waals surface area contributed by atoms with Crippen molar-refractivity contribution in [3.05, 3.63) is 33.7 Å². The van der Waals surface area contributed by atoms with Crippen LogP contribution >= 0.6 is 24.0 Å².